The molecule has 0 bridgehead atoms. The largest absolute Gasteiger partial charge is 0.265 e. The Labute approximate surface area is 365 Å². The van der Waals surface area contributed by atoms with Crippen molar-refractivity contribution in [1.29, 1.82) is 0 Å². The molecule has 0 fully saturated rings. The van der Waals surface area contributed by atoms with Crippen molar-refractivity contribution < 1.29 is 0 Å². The first-order chi connectivity index (χ1) is 30.6. The maximum Gasteiger partial charge on any atom is 0.160 e. The van der Waals surface area contributed by atoms with Crippen molar-refractivity contribution in [2.24, 2.45) is 5.92 Å². The average molecular weight is 814 g/mol. The smallest absolute Gasteiger partial charge is 0.160 e. The van der Waals surface area contributed by atoms with Crippen LogP contribution < -0.4 is 0 Å². The van der Waals surface area contributed by atoms with Crippen molar-refractivity contribution >= 4 is 11.8 Å². The lowest BCUT2D eigenvalue weighted by Gasteiger charge is -2.46. The fourth-order valence-electron chi connectivity index (χ4n) is 9.51. The van der Waals surface area contributed by atoms with Gasteiger partial charge in [0.15, 0.2) is 5.82 Å². The van der Waals surface area contributed by atoms with Gasteiger partial charge in [0.05, 0.1) is 28.2 Å². The van der Waals surface area contributed by atoms with Gasteiger partial charge in [0.1, 0.15) is 0 Å². The summed E-state index contributed by atoms with van der Waals surface area (Å²) in [6.45, 7) is 8.88. The summed E-state index contributed by atoms with van der Waals surface area (Å²) in [5.41, 5.74) is 16.3. The van der Waals surface area contributed by atoms with E-state index >= 15 is 0 Å². The zero-order chi connectivity index (χ0) is 41.6. The van der Waals surface area contributed by atoms with E-state index in [0.29, 0.717) is 5.82 Å². The maximum atomic E-state index is 5.26. The molecule has 0 saturated heterocycles. The second-order valence-corrected chi connectivity index (χ2v) is 16.9. The lowest BCUT2D eigenvalue weighted by molar-refractivity contribution is 0.453. The minimum absolute atomic E-state index is 0.0301. The van der Waals surface area contributed by atoms with Crippen LogP contribution in [0.15, 0.2) is 219 Å². The monoisotopic (exact) mass is 813 g/mol. The Kier molecular flexibility index (Phi) is 9.36. The quantitative estimate of drug-likeness (QED) is 0.142. The third-order valence-electron chi connectivity index (χ3n) is 12.3. The van der Waals surface area contributed by atoms with Gasteiger partial charge in [-0.25, -0.2) is 15.0 Å². The van der Waals surface area contributed by atoms with Crippen LogP contribution in [0.1, 0.15) is 16.7 Å². The van der Waals surface area contributed by atoms with Crippen LogP contribution in [-0.4, -0.2) is 30.2 Å². The molecule has 5 aromatic carbocycles. The normalized spacial score (nSPS) is 17.2. The molecule has 0 radical (unpaired) electrons. The van der Waals surface area contributed by atoms with Crippen LogP contribution in [0.2, 0.25) is 0 Å². The molecule has 3 atom stereocenters. The van der Waals surface area contributed by atoms with Crippen molar-refractivity contribution in [2.75, 3.05) is 0 Å². The average Bonchev–Trinajstić information content (AvgIpc) is 3.63. The number of thioether (sulfide) groups is 1. The predicted octanol–water partition coefficient (Wildman–Crippen LogP) is 13.4. The molecular formula is C56H39N5S. The molecule has 2 aliphatic rings. The number of pyridine rings is 3. The van der Waals surface area contributed by atoms with E-state index in [4.69, 9.17) is 15.0 Å². The minimum atomic E-state index is -0.511. The van der Waals surface area contributed by atoms with Gasteiger partial charge in [-0.2, -0.15) is 0 Å². The van der Waals surface area contributed by atoms with E-state index in [2.05, 4.69) is 151 Å². The standard InChI is InChI=1S/C56H39N5S/c1-3-45-53(4-2)62-54-18-12-11-17-48(54)56(45)46-21-19-40(42-33-49(37-23-27-57-28-24-37)59-50(34-42)38-25-29-58-30-26-38)31-43(46)44-32-41(20-22-47(44)56)52-35-51(36-13-7-5-8-14-36)60-55(61-52)39-15-9-6-10-16-39/h3-35,45,53H,1-2H2. The third kappa shape index (κ3) is 6.22. The number of benzene rings is 5. The van der Waals surface area contributed by atoms with Crippen LogP contribution in [0.25, 0.3) is 78.7 Å². The highest BCUT2D eigenvalue weighted by Gasteiger charge is 2.54. The summed E-state index contributed by atoms with van der Waals surface area (Å²) >= 11 is 1.88. The fourth-order valence-corrected chi connectivity index (χ4v) is 10.9. The maximum absolute atomic E-state index is 5.26. The number of hydrogen-bond acceptors (Lipinski definition) is 6. The number of fused-ring (bicyclic) bond motifs is 7. The molecule has 4 aromatic heterocycles. The van der Waals surface area contributed by atoms with Gasteiger partial charge in [0, 0.05) is 68.7 Å². The van der Waals surface area contributed by atoms with Crippen molar-refractivity contribution in [2.45, 2.75) is 15.6 Å². The summed E-state index contributed by atoms with van der Waals surface area (Å²) in [6.07, 6.45) is 11.5. The van der Waals surface area contributed by atoms with Crippen LogP contribution in [0.3, 0.4) is 0 Å². The van der Waals surface area contributed by atoms with Gasteiger partial charge in [-0.05, 0) is 99.6 Å². The summed E-state index contributed by atoms with van der Waals surface area (Å²) < 4.78 is 0. The molecule has 0 amide bonds. The van der Waals surface area contributed by atoms with E-state index < -0.39 is 5.41 Å². The van der Waals surface area contributed by atoms with Gasteiger partial charge < -0.3 is 0 Å². The minimum Gasteiger partial charge on any atom is -0.265 e. The van der Waals surface area contributed by atoms with Gasteiger partial charge >= 0.3 is 0 Å². The molecule has 1 aliphatic carbocycles. The Morgan fingerprint density at radius 1 is 0.419 bits per heavy atom. The van der Waals surface area contributed by atoms with Crippen LogP contribution in [-0.2, 0) is 5.41 Å². The van der Waals surface area contributed by atoms with Crippen LogP contribution in [0.5, 0.6) is 0 Å². The molecule has 11 rings (SSSR count). The number of hydrogen-bond donors (Lipinski definition) is 0. The Bertz CT molecular complexity index is 2860. The first-order valence-electron chi connectivity index (χ1n) is 20.8. The molecular weight excluding hydrogens is 775 g/mol. The molecule has 1 spiro atoms. The number of nitrogens with zero attached hydrogens (tertiary/aromatic N) is 5. The highest BCUT2D eigenvalue weighted by atomic mass is 32.2. The summed E-state index contributed by atoms with van der Waals surface area (Å²) in [7, 11) is 0. The van der Waals surface area contributed by atoms with E-state index in [1.807, 2.05) is 85.1 Å². The van der Waals surface area contributed by atoms with Crippen LogP contribution in [0.4, 0.5) is 0 Å². The van der Waals surface area contributed by atoms with E-state index in [1.54, 1.807) is 0 Å². The summed E-state index contributed by atoms with van der Waals surface area (Å²) in [5, 5.41) is 0.107. The van der Waals surface area contributed by atoms with Crippen molar-refractivity contribution in [1.82, 2.24) is 24.9 Å². The van der Waals surface area contributed by atoms with Crippen molar-refractivity contribution in [3.63, 3.8) is 0 Å². The SMILES string of the molecule is C=CC1Sc2ccccc2C2(c3ccc(-c4cc(-c5ccncc5)nc(-c5ccncc5)c4)cc3-c3cc(-c4cc(-c5ccccc5)nc(-c5ccccc5)n4)ccc32)C1C=C. The number of allylic oxidation sites excluding steroid dienone is 1. The number of rotatable bonds is 8. The van der Waals surface area contributed by atoms with Gasteiger partial charge in [-0.15, -0.1) is 24.9 Å². The topological polar surface area (TPSA) is 64.5 Å². The molecule has 294 valence electrons. The Morgan fingerprint density at radius 3 is 1.55 bits per heavy atom. The second kappa shape index (κ2) is 15.5. The Balaban J connectivity index is 1.16. The second-order valence-electron chi connectivity index (χ2n) is 15.7. The highest BCUT2D eigenvalue weighted by molar-refractivity contribution is 8.00. The van der Waals surface area contributed by atoms with Gasteiger partial charge in [-0.1, -0.05) is 115 Å². The van der Waals surface area contributed by atoms with Crippen molar-refractivity contribution in [3.05, 3.63) is 231 Å². The summed E-state index contributed by atoms with van der Waals surface area (Å²) in [4.78, 5) is 25.3. The van der Waals surface area contributed by atoms with Gasteiger partial charge in [-0.3, -0.25) is 9.97 Å². The van der Waals surface area contributed by atoms with Gasteiger partial charge in [0.2, 0.25) is 0 Å². The lowest BCUT2D eigenvalue weighted by atomic mass is 9.62. The van der Waals surface area contributed by atoms with Gasteiger partial charge in [0.25, 0.3) is 0 Å². The van der Waals surface area contributed by atoms with E-state index in [0.717, 1.165) is 61.7 Å². The molecule has 1 aliphatic heterocycles. The molecule has 9 aromatic rings. The fraction of sp³-hybridized carbons (Fsp3) is 0.0536. The van der Waals surface area contributed by atoms with E-state index in [-0.39, 0.29) is 11.2 Å². The first-order valence-corrected chi connectivity index (χ1v) is 21.6. The lowest BCUT2D eigenvalue weighted by Crippen LogP contribution is -2.43. The van der Waals surface area contributed by atoms with Crippen LogP contribution >= 0.6 is 11.8 Å². The summed E-state index contributed by atoms with van der Waals surface area (Å²) in [6, 6.07) is 58.0. The molecule has 62 heavy (non-hydrogen) atoms. The first kappa shape index (κ1) is 37.5. The molecule has 5 nitrogen and oxygen atoms in total. The Morgan fingerprint density at radius 2 is 0.935 bits per heavy atom. The molecule has 0 saturated carbocycles. The molecule has 3 unspecified atom stereocenters. The molecule has 6 heteroatoms. The molecule has 0 N–H and O–H groups in total. The molecule has 5 heterocycles. The van der Waals surface area contributed by atoms with Crippen LogP contribution in [0, 0.1) is 5.92 Å². The van der Waals surface area contributed by atoms with E-state index in [1.165, 1.54) is 32.7 Å². The number of aromatic nitrogens is 5. The zero-order valence-electron chi connectivity index (χ0n) is 33.8. The zero-order valence-corrected chi connectivity index (χ0v) is 34.6. The van der Waals surface area contributed by atoms with E-state index in [9.17, 15) is 0 Å². The third-order valence-corrected chi connectivity index (χ3v) is 13.7. The van der Waals surface area contributed by atoms with Crippen molar-refractivity contribution in [3.8, 4) is 78.7 Å². The Hall–Kier alpha value is -7.54. The highest BCUT2D eigenvalue weighted by Crippen LogP contribution is 2.63. The predicted molar refractivity (Wildman–Crippen MR) is 253 cm³/mol. The summed E-state index contributed by atoms with van der Waals surface area (Å²) in [5.74, 6) is 0.718.